The average molecular weight is 592 g/mol. The lowest BCUT2D eigenvalue weighted by Gasteiger charge is -2.21. The third-order valence-electron chi connectivity index (χ3n) is 9.31. The number of rotatable bonds is 4. The van der Waals surface area contributed by atoms with Crippen LogP contribution in [-0.4, -0.2) is 15.0 Å². The van der Waals surface area contributed by atoms with E-state index in [0.29, 0.717) is 17.5 Å². The van der Waals surface area contributed by atoms with Gasteiger partial charge in [0.1, 0.15) is 11.2 Å². The molecule has 2 aromatic heterocycles. The molecular formula is C42H29N3O. The zero-order chi connectivity index (χ0) is 30.8. The van der Waals surface area contributed by atoms with E-state index in [2.05, 4.69) is 92.7 Å². The van der Waals surface area contributed by atoms with E-state index in [9.17, 15) is 0 Å². The molecule has 4 heteroatoms. The summed E-state index contributed by atoms with van der Waals surface area (Å²) in [5.74, 6) is 1.92. The second-order valence-electron chi connectivity index (χ2n) is 12.4. The van der Waals surface area contributed by atoms with E-state index >= 15 is 0 Å². The quantitative estimate of drug-likeness (QED) is 0.204. The second kappa shape index (κ2) is 10.1. The van der Waals surface area contributed by atoms with Crippen molar-refractivity contribution in [2.45, 2.75) is 19.3 Å². The molecule has 0 aliphatic heterocycles. The Balaban J connectivity index is 1.21. The van der Waals surface area contributed by atoms with Crippen LogP contribution < -0.4 is 0 Å². The van der Waals surface area contributed by atoms with Gasteiger partial charge in [0, 0.05) is 44.0 Å². The van der Waals surface area contributed by atoms with E-state index in [0.717, 1.165) is 49.8 Å². The molecule has 0 saturated heterocycles. The molecule has 0 N–H and O–H groups in total. The van der Waals surface area contributed by atoms with Crippen LogP contribution in [0.5, 0.6) is 0 Å². The number of benzene rings is 6. The van der Waals surface area contributed by atoms with Gasteiger partial charge in [-0.1, -0.05) is 141 Å². The van der Waals surface area contributed by atoms with E-state index in [-0.39, 0.29) is 5.41 Å². The number of aromatic nitrogens is 3. The van der Waals surface area contributed by atoms with Gasteiger partial charge in [-0.3, -0.25) is 0 Å². The number of furan rings is 1. The van der Waals surface area contributed by atoms with Crippen molar-refractivity contribution < 1.29 is 4.42 Å². The Morgan fingerprint density at radius 1 is 0.435 bits per heavy atom. The first-order valence-corrected chi connectivity index (χ1v) is 15.6. The highest BCUT2D eigenvalue weighted by molar-refractivity contribution is 6.12. The predicted molar refractivity (Wildman–Crippen MR) is 186 cm³/mol. The van der Waals surface area contributed by atoms with Crippen LogP contribution in [-0.2, 0) is 5.41 Å². The molecule has 1 aliphatic rings. The Bertz CT molecular complexity index is 2380. The van der Waals surface area contributed by atoms with Gasteiger partial charge in [-0.2, -0.15) is 0 Å². The van der Waals surface area contributed by atoms with Crippen LogP contribution in [0, 0.1) is 0 Å². The molecule has 4 nitrogen and oxygen atoms in total. The Labute approximate surface area is 267 Å². The molecule has 9 rings (SSSR count). The fourth-order valence-electron chi connectivity index (χ4n) is 7.10. The summed E-state index contributed by atoms with van der Waals surface area (Å²) in [6.45, 7) is 4.60. The van der Waals surface area contributed by atoms with Gasteiger partial charge in [0.2, 0.25) is 0 Å². The molecule has 0 radical (unpaired) electrons. The van der Waals surface area contributed by atoms with Crippen molar-refractivity contribution in [3.63, 3.8) is 0 Å². The molecule has 8 aromatic rings. The van der Waals surface area contributed by atoms with Crippen molar-refractivity contribution in [3.8, 4) is 56.4 Å². The zero-order valence-electron chi connectivity index (χ0n) is 25.5. The van der Waals surface area contributed by atoms with E-state index in [1.165, 1.54) is 22.3 Å². The van der Waals surface area contributed by atoms with Crippen molar-refractivity contribution in [1.82, 2.24) is 15.0 Å². The molecule has 46 heavy (non-hydrogen) atoms. The highest BCUT2D eigenvalue weighted by atomic mass is 16.3. The molecule has 0 bridgehead atoms. The third kappa shape index (κ3) is 4.04. The Morgan fingerprint density at radius 3 is 1.70 bits per heavy atom. The summed E-state index contributed by atoms with van der Waals surface area (Å²) in [5.41, 5.74) is 11.7. The number of hydrogen-bond acceptors (Lipinski definition) is 4. The smallest absolute Gasteiger partial charge is 0.164 e. The van der Waals surface area contributed by atoms with Gasteiger partial charge in [-0.05, 0) is 34.4 Å². The number of para-hydroxylation sites is 1. The fourth-order valence-corrected chi connectivity index (χ4v) is 7.10. The van der Waals surface area contributed by atoms with Gasteiger partial charge in [-0.15, -0.1) is 0 Å². The van der Waals surface area contributed by atoms with Gasteiger partial charge in [0.05, 0.1) is 0 Å². The minimum absolute atomic E-state index is 0.162. The topological polar surface area (TPSA) is 51.8 Å². The zero-order valence-corrected chi connectivity index (χ0v) is 25.5. The van der Waals surface area contributed by atoms with E-state index < -0.39 is 0 Å². The predicted octanol–water partition coefficient (Wildman–Crippen LogP) is 10.7. The first kappa shape index (κ1) is 26.5. The Hall–Kier alpha value is -5.87. The maximum absolute atomic E-state index is 6.91. The highest BCUT2D eigenvalue weighted by Gasteiger charge is 2.38. The summed E-state index contributed by atoms with van der Waals surface area (Å²) >= 11 is 0. The lowest BCUT2D eigenvalue weighted by atomic mass is 9.82. The van der Waals surface area contributed by atoms with Crippen molar-refractivity contribution in [3.05, 3.63) is 151 Å². The molecule has 0 atom stereocenters. The SMILES string of the molecule is CC1(C)c2ccccc2-c2ccc3c(oc4c(-c5cccc(-c6nc(-c7ccccc7)nc(-c7ccccc7)n6)c5)cccc43)c21. The van der Waals surface area contributed by atoms with Crippen LogP contribution in [0.25, 0.3) is 78.4 Å². The molecule has 0 amide bonds. The largest absolute Gasteiger partial charge is 0.455 e. The molecule has 218 valence electrons. The van der Waals surface area contributed by atoms with Gasteiger partial charge < -0.3 is 4.42 Å². The summed E-state index contributed by atoms with van der Waals surface area (Å²) < 4.78 is 6.91. The van der Waals surface area contributed by atoms with Crippen molar-refractivity contribution >= 4 is 21.9 Å². The van der Waals surface area contributed by atoms with Crippen LogP contribution in [0.4, 0.5) is 0 Å². The normalized spacial score (nSPS) is 13.2. The van der Waals surface area contributed by atoms with Crippen LogP contribution in [0.2, 0.25) is 0 Å². The number of nitrogens with zero attached hydrogens (tertiary/aromatic N) is 3. The summed E-state index contributed by atoms with van der Waals surface area (Å²) in [4.78, 5) is 14.8. The number of fused-ring (bicyclic) bond motifs is 7. The maximum Gasteiger partial charge on any atom is 0.164 e. The second-order valence-corrected chi connectivity index (χ2v) is 12.4. The first-order chi connectivity index (χ1) is 22.6. The lowest BCUT2D eigenvalue weighted by molar-refractivity contribution is 0.620. The van der Waals surface area contributed by atoms with Crippen LogP contribution in [0.15, 0.2) is 144 Å². The van der Waals surface area contributed by atoms with Crippen LogP contribution in [0.3, 0.4) is 0 Å². The highest BCUT2D eigenvalue weighted by Crippen LogP contribution is 2.53. The van der Waals surface area contributed by atoms with Crippen molar-refractivity contribution in [1.29, 1.82) is 0 Å². The summed E-state index contributed by atoms with van der Waals surface area (Å²) in [5, 5.41) is 2.26. The molecule has 0 spiro atoms. The fraction of sp³-hybridized carbons (Fsp3) is 0.0714. The third-order valence-corrected chi connectivity index (χ3v) is 9.31. The van der Waals surface area contributed by atoms with E-state index in [1.54, 1.807) is 0 Å². The van der Waals surface area contributed by atoms with Gasteiger partial charge in [0.15, 0.2) is 17.5 Å². The Morgan fingerprint density at radius 2 is 0.978 bits per heavy atom. The van der Waals surface area contributed by atoms with Crippen molar-refractivity contribution in [2.75, 3.05) is 0 Å². The van der Waals surface area contributed by atoms with Crippen molar-refractivity contribution in [2.24, 2.45) is 0 Å². The monoisotopic (exact) mass is 591 g/mol. The Kier molecular flexibility index (Phi) is 5.81. The summed E-state index contributed by atoms with van der Waals surface area (Å²) in [6, 6.07) is 48.2. The minimum atomic E-state index is -0.162. The van der Waals surface area contributed by atoms with Gasteiger partial charge in [-0.25, -0.2) is 15.0 Å². The van der Waals surface area contributed by atoms with E-state index in [4.69, 9.17) is 19.4 Å². The molecule has 0 saturated carbocycles. The minimum Gasteiger partial charge on any atom is -0.455 e. The molecule has 0 fully saturated rings. The molecule has 2 heterocycles. The summed E-state index contributed by atoms with van der Waals surface area (Å²) in [6.07, 6.45) is 0. The maximum atomic E-state index is 6.91. The molecule has 6 aromatic carbocycles. The van der Waals surface area contributed by atoms with E-state index in [1.807, 2.05) is 60.7 Å². The standard InChI is InChI=1S/C42H29N3O/c1-42(2)35-22-10-9-19-31(35)32-23-24-34-33-21-12-20-30(37(33)46-38(34)36(32)42)28-17-11-18-29(25-28)41-44-39(26-13-5-3-6-14-26)43-40(45-41)27-15-7-4-8-16-27/h3-25H,1-2H3. The molecule has 1 aliphatic carbocycles. The average Bonchev–Trinajstić information content (AvgIpc) is 3.61. The van der Waals surface area contributed by atoms with Gasteiger partial charge in [0.25, 0.3) is 0 Å². The molecule has 0 unspecified atom stereocenters. The lowest BCUT2D eigenvalue weighted by Crippen LogP contribution is -2.15. The number of hydrogen-bond donors (Lipinski definition) is 0. The summed E-state index contributed by atoms with van der Waals surface area (Å²) in [7, 11) is 0. The molecular weight excluding hydrogens is 562 g/mol. The van der Waals surface area contributed by atoms with Crippen LogP contribution in [0.1, 0.15) is 25.0 Å². The van der Waals surface area contributed by atoms with Gasteiger partial charge >= 0.3 is 0 Å². The first-order valence-electron chi connectivity index (χ1n) is 15.6. The van der Waals surface area contributed by atoms with Crippen LogP contribution >= 0.6 is 0 Å².